The smallest absolute Gasteiger partial charge is 0.319 e. The van der Waals surface area contributed by atoms with Gasteiger partial charge in [-0.2, -0.15) is 0 Å². The van der Waals surface area contributed by atoms with Crippen LogP contribution >= 0.6 is 11.6 Å². The molecule has 3 aromatic heterocycles. The topological polar surface area (TPSA) is 113 Å². The predicted molar refractivity (Wildman–Crippen MR) is 154 cm³/mol. The Balaban J connectivity index is 1.41. The van der Waals surface area contributed by atoms with Crippen LogP contribution in [0.15, 0.2) is 102 Å². The maximum Gasteiger partial charge on any atom is 0.319 e. The summed E-state index contributed by atoms with van der Waals surface area (Å²) in [6.45, 7) is 0.0984. The molecule has 0 bridgehead atoms. The van der Waals surface area contributed by atoms with Gasteiger partial charge in [-0.25, -0.2) is 14.8 Å². The standard InChI is InChI=1S/C30H21ClN6O2/c31-23-15-20(14-19-10-7-13-32-25(19)23)27-26(18-8-3-1-4-9-18)37-29-28(36-27)24(38)16-22(34-29)17-33-30(39)35-21-11-5-2-6-12-21/h1-16H,17H2,(H2,33,35,39)(H,34,37,38). The lowest BCUT2D eigenvalue weighted by Gasteiger charge is -2.13. The van der Waals surface area contributed by atoms with E-state index >= 15 is 0 Å². The Hall–Kier alpha value is -5.08. The zero-order valence-electron chi connectivity index (χ0n) is 20.5. The summed E-state index contributed by atoms with van der Waals surface area (Å²) < 4.78 is 0. The number of nitrogens with one attached hydrogen (secondary N) is 3. The highest BCUT2D eigenvalue weighted by Crippen LogP contribution is 2.34. The number of rotatable bonds is 5. The van der Waals surface area contributed by atoms with E-state index in [1.807, 2.05) is 66.7 Å². The second-order valence-corrected chi connectivity index (χ2v) is 9.26. The van der Waals surface area contributed by atoms with E-state index in [9.17, 15) is 9.59 Å². The number of pyridine rings is 2. The molecule has 0 saturated heterocycles. The van der Waals surface area contributed by atoms with E-state index in [0.29, 0.717) is 39.0 Å². The molecule has 9 heteroatoms. The van der Waals surface area contributed by atoms with E-state index in [0.717, 1.165) is 16.5 Å². The monoisotopic (exact) mass is 532 g/mol. The van der Waals surface area contributed by atoms with Crippen LogP contribution in [0, 0.1) is 0 Å². The molecule has 0 fully saturated rings. The highest BCUT2D eigenvalue weighted by Gasteiger charge is 2.17. The molecule has 3 aromatic carbocycles. The molecule has 190 valence electrons. The quantitative estimate of drug-likeness (QED) is 0.245. The predicted octanol–water partition coefficient (Wildman–Crippen LogP) is 6.18. The molecule has 8 nitrogen and oxygen atoms in total. The number of anilines is 1. The molecule has 0 aliphatic rings. The van der Waals surface area contributed by atoms with Crippen molar-refractivity contribution < 1.29 is 4.79 Å². The summed E-state index contributed by atoms with van der Waals surface area (Å²) in [4.78, 5) is 42.6. The SMILES string of the molecule is O=C(NCc1cc(=O)c2nc(-c3cc(Cl)c4ncccc4c3)c(-c3ccccc3)nc2[nH]1)Nc1ccccc1. The van der Waals surface area contributed by atoms with E-state index < -0.39 is 6.03 Å². The third-order valence-corrected chi connectivity index (χ3v) is 6.45. The van der Waals surface area contributed by atoms with Crippen LogP contribution < -0.4 is 16.1 Å². The van der Waals surface area contributed by atoms with Crippen LogP contribution in [-0.2, 0) is 6.54 Å². The molecule has 0 saturated carbocycles. The second-order valence-electron chi connectivity index (χ2n) is 8.85. The Morgan fingerprint density at radius 1 is 0.821 bits per heavy atom. The van der Waals surface area contributed by atoms with Crippen molar-refractivity contribution >= 4 is 45.4 Å². The van der Waals surface area contributed by atoms with Crippen molar-refractivity contribution in [3.8, 4) is 22.5 Å². The number of carbonyl (C=O) groups excluding carboxylic acids is 1. The van der Waals surface area contributed by atoms with Crippen LogP contribution in [0.4, 0.5) is 10.5 Å². The Labute approximate surface area is 227 Å². The fraction of sp³-hybridized carbons (Fsp3) is 0.0333. The number of urea groups is 1. The molecule has 0 aliphatic heterocycles. The van der Waals surface area contributed by atoms with Crippen LogP contribution in [0.3, 0.4) is 0 Å². The molecule has 0 radical (unpaired) electrons. The number of fused-ring (bicyclic) bond motifs is 2. The Morgan fingerprint density at radius 3 is 2.36 bits per heavy atom. The molecule has 0 atom stereocenters. The summed E-state index contributed by atoms with van der Waals surface area (Å²) in [5, 5.41) is 6.84. The van der Waals surface area contributed by atoms with Crippen molar-refractivity contribution in [2.45, 2.75) is 6.54 Å². The normalized spacial score (nSPS) is 11.0. The van der Waals surface area contributed by atoms with Gasteiger partial charge in [-0.05, 0) is 30.3 Å². The number of aromatic nitrogens is 4. The number of amides is 2. The molecule has 6 rings (SSSR count). The van der Waals surface area contributed by atoms with Crippen molar-refractivity contribution in [1.29, 1.82) is 0 Å². The molecule has 0 spiro atoms. The van der Waals surface area contributed by atoms with Crippen molar-refractivity contribution in [3.63, 3.8) is 0 Å². The van der Waals surface area contributed by atoms with Crippen molar-refractivity contribution in [1.82, 2.24) is 25.3 Å². The van der Waals surface area contributed by atoms with Crippen LogP contribution in [0.5, 0.6) is 0 Å². The van der Waals surface area contributed by atoms with Crippen LogP contribution in [0.1, 0.15) is 5.69 Å². The lowest BCUT2D eigenvalue weighted by molar-refractivity contribution is 0.251. The van der Waals surface area contributed by atoms with Crippen molar-refractivity contribution in [2.24, 2.45) is 0 Å². The Bertz CT molecular complexity index is 1890. The first-order chi connectivity index (χ1) is 19.0. The van der Waals surface area contributed by atoms with Crippen LogP contribution in [0.2, 0.25) is 5.02 Å². The van der Waals surface area contributed by atoms with Gasteiger partial charge in [-0.15, -0.1) is 0 Å². The van der Waals surface area contributed by atoms with Gasteiger partial charge in [-0.1, -0.05) is 66.2 Å². The first-order valence-electron chi connectivity index (χ1n) is 12.2. The van der Waals surface area contributed by atoms with Crippen LogP contribution in [0.25, 0.3) is 44.6 Å². The summed E-state index contributed by atoms with van der Waals surface area (Å²) in [5.74, 6) is 0. The molecule has 2 amide bonds. The fourth-order valence-corrected chi connectivity index (χ4v) is 4.64. The largest absolute Gasteiger partial charge is 0.340 e. The third kappa shape index (κ3) is 5.05. The zero-order chi connectivity index (χ0) is 26.8. The highest BCUT2D eigenvalue weighted by atomic mass is 35.5. The molecule has 6 aromatic rings. The highest BCUT2D eigenvalue weighted by molar-refractivity contribution is 6.35. The zero-order valence-corrected chi connectivity index (χ0v) is 21.2. The lowest BCUT2D eigenvalue weighted by atomic mass is 10.0. The number of carbonyl (C=O) groups is 1. The number of H-pyrrole nitrogens is 1. The van der Waals surface area contributed by atoms with Gasteiger partial charge in [0.1, 0.15) is 0 Å². The number of aromatic amines is 1. The minimum Gasteiger partial charge on any atom is -0.340 e. The number of hydrogen-bond donors (Lipinski definition) is 3. The van der Waals surface area contributed by atoms with E-state index in [2.05, 4.69) is 20.6 Å². The van der Waals surface area contributed by atoms with Gasteiger partial charge in [0.15, 0.2) is 11.2 Å². The van der Waals surface area contributed by atoms with Crippen molar-refractivity contribution in [2.75, 3.05) is 5.32 Å². The van der Waals surface area contributed by atoms with Gasteiger partial charge < -0.3 is 15.6 Å². The number of nitrogens with zero attached hydrogens (tertiary/aromatic N) is 3. The van der Waals surface area contributed by atoms with Gasteiger partial charge in [0.05, 0.1) is 28.5 Å². The van der Waals surface area contributed by atoms with Gasteiger partial charge >= 0.3 is 6.03 Å². The molecule has 0 aliphatic carbocycles. The van der Waals surface area contributed by atoms with Gasteiger partial charge in [-0.3, -0.25) is 9.78 Å². The summed E-state index contributed by atoms with van der Waals surface area (Å²) in [6, 6.07) is 27.2. The van der Waals surface area contributed by atoms with Crippen molar-refractivity contribution in [3.05, 3.63) is 118 Å². The average molecular weight is 533 g/mol. The van der Waals surface area contributed by atoms with Gasteiger partial charge in [0.25, 0.3) is 0 Å². The summed E-state index contributed by atoms with van der Waals surface area (Å²) in [7, 11) is 0. The average Bonchev–Trinajstić information content (AvgIpc) is 2.96. The maximum atomic E-state index is 13.2. The second kappa shape index (κ2) is 10.4. The number of halogens is 1. The first kappa shape index (κ1) is 24.3. The Kier molecular flexibility index (Phi) is 6.44. The van der Waals surface area contributed by atoms with Crippen LogP contribution in [-0.4, -0.2) is 26.0 Å². The minimum absolute atomic E-state index is 0.0984. The first-order valence-corrected chi connectivity index (χ1v) is 12.6. The summed E-state index contributed by atoms with van der Waals surface area (Å²) >= 11 is 6.57. The molecule has 39 heavy (non-hydrogen) atoms. The number of benzene rings is 3. The third-order valence-electron chi connectivity index (χ3n) is 6.16. The molecule has 3 N–H and O–H groups in total. The molecule has 0 unspecified atom stereocenters. The number of hydrogen-bond acceptors (Lipinski definition) is 5. The van der Waals surface area contributed by atoms with E-state index in [-0.39, 0.29) is 17.5 Å². The molecular formula is C30H21ClN6O2. The molecular weight excluding hydrogens is 512 g/mol. The van der Waals surface area contributed by atoms with E-state index in [1.54, 1.807) is 24.4 Å². The summed E-state index contributed by atoms with van der Waals surface area (Å²) in [6.07, 6.45) is 1.69. The summed E-state index contributed by atoms with van der Waals surface area (Å²) in [5.41, 5.74) is 4.70. The number of para-hydroxylation sites is 1. The fourth-order valence-electron chi connectivity index (χ4n) is 4.36. The molecule has 3 heterocycles. The van der Waals surface area contributed by atoms with E-state index in [4.69, 9.17) is 21.6 Å². The minimum atomic E-state index is -0.392. The maximum absolute atomic E-state index is 13.2. The lowest BCUT2D eigenvalue weighted by Crippen LogP contribution is -2.29. The van der Waals surface area contributed by atoms with Gasteiger partial charge in [0.2, 0.25) is 5.43 Å². The Morgan fingerprint density at radius 2 is 1.56 bits per heavy atom. The van der Waals surface area contributed by atoms with E-state index in [1.165, 1.54) is 6.07 Å². The van der Waals surface area contributed by atoms with Gasteiger partial charge in [0, 0.05) is 40.2 Å².